The van der Waals surface area contributed by atoms with Crippen LogP contribution in [0.25, 0.3) is 0 Å². The van der Waals surface area contributed by atoms with E-state index in [-0.39, 0.29) is 0 Å². The van der Waals surface area contributed by atoms with Crippen LogP contribution in [-0.2, 0) is 18.2 Å². The summed E-state index contributed by atoms with van der Waals surface area (Å²) in [4.78, 5) is 32.6. The molecule has 80 valence electrons. The molecule has 0 aliphatic rings. The van der Waals surface area contributed by atoms with E-state index in [0.29, 0.717) is 6.92 Å². The molecule has 0 saturated heterocycles. The molecule has 9 nitrogen and oxygen atoms in total. The molecule has 0 aliphatic carbocycles. The molecule has 0 rings (SSSR count). The fourth-order valence-electron chi connectivity index (χ4n) is 0.458. The van der Waals surface area contributed by atoms with Crippen molar-refractivity contribution in [1.82, 2.24) is 0 Å². The number of hydrogen-bond acceptors (Lipinski definition) is 5. The Kier molecular flexibility index (Phi) is 3.79. The van der Waals surface area contributed by atoms with Crippen LogP contribution >= 0.6 is 15.6 Å². The highest BCUT2D eigenvalue weighted by atomic mass is 31.2. The summed E-state index contributed by atoms with van der Waals surface area (Å²) in [6, 6.07) is 0. The zero-order valence-electron chi connectivity index (χ0n) is 6.26. The van der Waals surface area contributed by atoms with E-state index in [2.05, 4.69) is 9.05 Å². The van der Waals surface area contributed by atoms with Crippen molar-refractivity contribution in [3.8, 4) is 0 Å². The van der Waals surface area contributed by atoms with E-state index in [1.54, 1.807) is 0 Å². The van der Waals surface area contributed by atoms with Crippen molar-refractivity contribution in [1.29, 1.82) is 0 Å². The standard InChI is InChI=1S/C2H8O9P2/c1-2(3,10-12(4,5)6)11-13(7,8)9/h3H,1H3,(H2,4,5,6)(H2,7,8,9). The van der Waals surface area contributed by atoms with Gasteiger partial charge in [-0.2, -0.15) is 0 Å². The molecule has 0 heterocycles. The molecular weight excluding hydrogens is 230 g/mol. The lowest BCUT2D eigenvalue weighted by Gasteiger charge is -2.23. The van der Waals surface area contributed by atoms with Gasteiger partial charge in [-0.05, 0) is 0 Å². The summed E-state index contributed by atoms with van der Waals surface area (Å²) in [5.41, 5.74) is 0. The maximum Gasteiger partial charge on any atom is 0.473 e. The van der Waals surface area contributed by atoms with Crippen molar-refractivity contribution in [2.75, 3.05) is 0 Å². The number of aliphatic hydroxyl groups is 1. The van der Waals surface area contributed by atoms with E-state index in [0.717, 1.165) is 0 Å². The van der Waals surface area contributed by atoms with Gasteiger partial charge in [-0.25, -0.2) is 18.2 Å². The summed E-state index contributed by atoms with van der Waals surface area (Å²) in [6.07, 6.45) is 0. The highest BCUT2D eigenvalue weighted by molar-refractivity contribution is 7.47. The molecule has 5 N–H and O–H groups in total. The molecule has 0 spiro atoms. The second-order valence-corrected chi connectivity index (χ2v) is 4.39. The van der Waals surface area contributed by atoms with Gasteiger partial charge in [-0.1, -0.05) is 0 Å². The van der Waals surface area contributed by atoms with Gasteiger partial charge in [0.05, 0.1) is 0 Å². The third kappa shape index (κ3) is 8.51. The van der Waals surface area contributed by atoms with Crippen molar-refractivity contribution >= 4 is 15.6 Å². The molecule has 0 aromatic rings. The predicted octanol–water partition coefficient (Wildman–Crippen LogP) is -1.13. The molecular formula is C2H8O9P2. The average molecular weight is 238 g/mol. The molecule has 0 bridgehead atoms. The lowest BCUT2D eigenvalue weighted by molar-refractivity contribution is -0.272. The van der Waals surface area contributed by atoms with Crippen LogP contribution in [0, 0.1) is 0 Å². The molecule has 0 atom stereocenters. The van der Waals surface area contributed by atoms with Crippen molar-refractivity contribution in [3.63, 3.8) is 0 Å². The number of phosphoric ester groups is 2. The number of rotatable bonds is 4. The third-order valence-corrected chi connectivity index (χ3v) is 1.73. The quantitative estimate of drug-likeness (QED) is 0.302. The first-order chi connectivity index (χ1) is 5.41. The van der Waals surface area contributed by atoms with Crippen LogP contribution in [0.4, 0.5) is 0 Å². The zero-order chi connectivity index (χ0) is 10.9. The predicted molar refractivity (Wildman–Crippen MR) is 36.9 cm³/mol. The molecule has 0 aliphatic heterocycles. The Balaban J connectivity index is 4.43. The summed E-state index contributed by atoms with van der Waals surface area (Å²) in [5.74, 6) is -3.06. The first-order valence-corrected chi connectivity index (χ1v) is 5.72. The van der Waals surface area contributed by atoms with E-state index in [9.17, 15) is 9.13 Å². The van der Waals surface area contributed by atoms with Gasteiger partial charge in [0, 0.05) is 6.92 Å². The Bertz CT molecular complexity index is 231. The molecule has 11 heteroatoms. The van der Waals surface area contributed by atoms with E-state index in [4.69, 9.17) is 24.7 Å². The van der Waals surface area contributed by atoms with Crippen LogP contribution in [0.2, 0.25) is 0 Å². The van der Waals surface area contributed by atoms with Crippen LogP contribution < -0.4 is 0 Å². The maximum absolute atomic E-state index is 10.1. The van der Waals surface area contributed by atoms with Crippen molar-refractivity contribution in [2.24, 2.45) is 0 Å². The van der Waals surface area contributed by atoms with E-state index in [1.807, 2.05) is 0 Å². The molecule has 0 unspecified atom stereocenters. The van der Waals surface area contributed by atoms with E-state index >= 15 is 0 Å². The van der Waals surface area contributed by atoms with Gasteiger partial charge in [0.2, 0.25) is 0 Å². The second-order valence-electron chi connectivity index (χ2n) is 2.06. The average Bonchev–Trinajstić information content (AvgIpc) is 1.43. The van der Waals surface area contributed by atoms with Crippen LogP contribution in [0.15, 0.2) is 0 Å². The number of hydrogen-bond donors (Lipinski definition) is 5. The van der Waals surface area contributed by atoms with Crippen molar-refractivity contribution in [3.05, 3.63) is 0 Å². The molecule has 0 radical (unpaired) electrons. The fourth-order valence-corrected chi connectivity index (χ4v) is 1.47. The summed E-state index contributed by atoms with van der Waals surface area (Å²) in [7, 11) is -10.2. The molecule has 0 fully saturated rings. The molecule has 0 aromatic carbocycles. The smallest absolute Gasteiger partial charge is 0.343 e. The topological polar surface area (TPSA) is 154 Å². The lowest BCUT2D eigenvalue weighted by Crippen LogP contribution is -2.29. The van der Waals surface area contributed by atoms with Gasteiger partial charge in [0.1, 0.15) is 0 Å². The molecule has 13 heavy (non-hydrogen) atoms. The molecule has 0 saturated carbocycles. The maximum atomic E-state index is 10.1. The van der Waals surface area contributed by atoms with Crippen LogP contribution in [0.5, 0.6) is 0 Å². The lowest BCUT2D eigenvalue weighted by atomic mass is 10.7. The highest BCUT2D eigenvalue weighted by Crippen LogP contribution is 2.47. The Morgan fingerprint density at radius 1 is 1.00 bits per heavy atom. The Morgan fingerprint density at radius 2 is 1.23 bits per heavy atom. The Morgan fingerprint density at radius 3 is 1.38 bits per heavy atom. The Hall–Kier alpha value is 0.180. The van der Waals surface area contributed by atoms with Crippen LogP contribution in [-0.4, -0.2) is 30.7 Å². The van der Waals surface area contributed by atoms with Crippen LogP contribution in [0.3, 0.4) is 0 Å². The summed E-state index contributed by atoms with van der Waals surface area (Å²) < 4.78 is 27.2. The minimum atomic E-state index is -5.09. The third-order valence-electron chi connectivity index (χ3n) is 0.577. The second kappa shape index (κ2) is 3.74. The fraction of sp³-hybridized carbons (Fsp3) is 1.00. The first kappa shape index (κ1) is 13.2. The zero-order valence-corrected chi connectivity index (χ0v) is 8.05. The number of phosphoric acid groups is 2. The summed E-state index contributed by atoms with van der Waals surface area (Å²) in [5, 5.41) is 8.76. The minimum absolute atomic E-state index is 0.519. The highest BCUT2D eigenvalue weighted by Gasteiger charge is 2.38. The van der Waals surface area contributed by atoms with Gasteiger partial charge in [0.25, 0.3) is 5.97 Å². The molecule has 0 aromatic heterocycles. The normalized spacial score (nSPS) is 14.6. The summed E-state index contributed by atoms with van der Waals surface area (Å²) in [6.45, 7) is 0.519. The first-order valence-electron chi connectivity index (χ1n) is 2.66. The van der Waals surface area contributed by atoms with Crippen LogP contribution in [0.1, 0.15) is 6.92 Å². The van der Waals surface area contributed by atoms with Gasteiger partial charge in [-0.15, -0.1) is 0 Å². The monoisotopic (exact) mass is 238 g/mol. The van der Waals surface area contributed by atoms with E-state index in [1.165, 1.54) is 0 Å². The van der Waals surface area contributed by atoms with Gasteiger partial charge in [-0.3, -0.25) is 0 Å². The summed E-state index contributed by atoms with van der Waals surface area (Å²) >= 11 is 0. The van der Waals surface area contributed by atoms with Crippen molar-refractivity contribution < 1.29 is 42.9 Å². The Labute approximate surface area is 72.4 Å². The minimum Gasteiger partial charge on any atom is -0.343 e. The SMILES string of the molecule is CC(O)(OP(=O)(O)O)OP(=O)(O)O. The van der Waals surface area contributed by atoms with Crippen molar-refractivity contribution in [2.45, 2.75) is 12.9 Å². The van der Waals surface area contributed by atoms with Gasteiger partial charge in [0.15, 0.2) is 0 Å². The van der Waals surface area contributed by atoms with Gasteiger partial charge >= 0.3 is 15.6 Å². The largest absolute Gasteiger partial charge is 0.473 e. The van der Waals surface area contributed by atoms with E-state index < -0.39 is 21.6 Å². The van der Waals surface area contributed by atoms with Gasteiger partial charge < -0.3 is 24.7 Å². The molecule has 0 amide bonds.